The van der Waals surface area contributed by atoms with E-state index in [2.05, 4.69) is 0 Å². The van der Waals surface area contributed by atoms with Crippen LogP contribution in [0.3, 0.4) is 0 Å². The fourth-order valence-electron chi connectivity index (χ4n) is 5.41. The summed E-state index contributed by atoms with van der Waals surface area (Å²) < 4.78 is 5.21. The Kier molecular flexibility index (Phi) is 4.48. The fraction of sp³-hybridized carbons (Fsp3) is 0.192. The van der Waals surface area contributed by atoms with E-state index in [1.165, 1.54) is 16.2 Å². The Bertz CT molecular complexity index is 1300. The maximum Gasteiger partial charge on any atom is 0.240 e. The van der Waals surface area contributed by atoms with Gasteiger partial charge in [0.05, 0.1) is 35.6 Å². The molecule has 0 N–H and O–H groups in total. The van der Waals surface area contributed by atoms with Crippen molar-refractivity contribution in [2.45, 2.75) is 12.1 Å². The monoisotopic (exact) mass is 456 g/mol. The van der Waals surface area contributed by atoms with Crippen LogP contribution in [0.5, 0.6) is 5.75 Å². The van der Waals surface area contributed by atoms with Crippen LogP contribution in [-0.2, 0) is 9.59 Å². The zero-order chi connectivity index (χ0) is 22.7. The largest absolute Gasteiger partial charge is 0.497 e. The second-order valence-electron chi connectivity index (χ2n) is 8.38. The molecule has 2 fully saturated rings. The molecule has 33 heavy (non-hydrogen) atoms. The summed E-state index contributed by atoms with van der Waals surface area (Å²) in [5, 5.41) is 1.85. The van der Waals surface area contributed by atoms with E-state index in [1.54, 1.807) is 37.4 Å². The molecule has 6 rings (SSSR count). The van der Waals surface area contributed by atoms with Crippen LogP contribution < -0.4 is 9.64 Å². The number of hydrogen-bond acceptors (Lipinski definition) is 6. The van der Waals surface area contributed by atoms with Gasteiger partial charge in [0.25, 0.3) is 0 Å². The summed E-state index contributed by atoms with van der Waals surface area (Å²) in [5.74, 6) is -1.47. The quantitative estimate of drug-likeness (QED) is 0.436. The normalized spacial score (nSPS) is 25.1. The molecule has 3 aliphatic rings. The number of hydrogen-bond donors (Lipinski definition) is 0. The molecule has 164 valence electrons. The summed E-state index contributed by atoms with van der Waals surface area (Å²) in [4.78, 5) is 45.0. The van der Waals surface area contributed by atoms with Crippen LogP contribution in [0, 0.1) is 11.8 Å². The van der Waals surface area contributed by atoms with Crippen LogP contribution in [0.2, 0.25) is 0 Å². The zero-order valence-electron chi connectivity index (χ0n) is 17.8. The lowest BCUT2D eigenvalue weighted by Gasteiger charge is -2.35. The summed E-state index contributed by atoms with van der Waals surface area (Å²) in [6, 6.07) is 17.2. The van der Waals surface area contributed by atoms with Gasteiger partial charge in [-0.1, -0.05) is 30.3 Å². The molecule has 0 bridgehead atoms. The summed E-state index contributed by atoms with van der Waals surface area (Å²) in [5.41, 5.74) is 2.47. The summed E-state index contributed by atoms with van der Waals surface area (Å²) >= 11 is 1.36. The van der Waals surface area contributed by atoms with Crippen molar-refractivity contribution < 1.29 is 19.1 Å². The number of anilines is 1. The lowest BCUT2D eigenvalue weighted by atomic mass is 9.84. The third-order valence-corrected chi connectivity index (χ3v) is 7.71. The molecule has 4 heterocycles. The first kappa shape index (κ1) is 19.9. The second-order valence-corrected chi connectivity index (χ2v) is 9.33. The Balaban J connectivity index is 1.48. The molecule has 0 unspecified atom stereocenters. The average Bonchev–Trinajstić information content (AvgIpc) is 3.55. The van der Waals surface area contributed by atoms with E-state index < -0.39 is 17.9 Å². The number of rotatable bonds is 4. The molecule has 0 spiro atoms. The van der Waals surface area contributed by atoms with Crippen molar-refractivity contribution in [1.29, 1.82) is 0 Å². The molecular formula is C26H20N2O4S. The van der Waals surface area contributed by atoms with Crippen molar-refractivity contribution in [3.63, 3.8) is 0 Å². The van der Waals surface area contributed by atoms with E-state index in [9.17, 15) is 14.4 Å². The number of benzene rings is 2. The predicted molar refractivity (Wildman–Crippen MR) is 125 cm³/mol. The van der Waals surface area contributed by atoms with Gasteiger partial charge in [-0.25, -0.2) is 4.90 Å². The van der Waals surface area contributed by atoms with Crippen molar-refractivity contribution in [3.8, 4) is 5.75 Å². The van der Waals surface area contributed by atoms with Crippen molar-refractivity contribution in [2.75, 3.05) is 12.0 Å². The SMILES string of the molecule is COc1ccc(N2C(=O)[C@@H]3[C@H](C2=O)[C@H]2c4ccccc4C=CN2[C@@H]3C(=O)c2cccs2)cc1. The van der Waals surface area contributed by atoms with Gasteiger partial charge in [0.2, 0.25) is 11.8 Å². The van der Waals surface area contributed by atoms with Crippen LogP contribution in [0.4, 0.5) is 5.69 Å². The highest BCUT2D eigenvalue weighted by Crippen LogP contribution is 2.53. The number of fused-ring (bicyclic) bond motifs is 5. The van der Waals surface area contributed by atoms with Gasteiger partial charge < -0.3 is 9.64 Å². The number of methoxy groups -OCH3 is 1. The minimum Gasteiger partial charge on any atom is -0.497 e. The Labute approximate surface area is 194 Å². The molecule has 3 aromatic rings. The molecule has 3 aliphatic heterocycles. The van der Waals surface area contributed by atoms with E-state index in [0.717, 1.165) is 11.1 Å². The smallest absolute Gasteiger partial charge is 0.240 e. The molecule has 4 atom stereocenters. The number of carbonyl (C=O) groups is 3. The second kappa shape index (κ2) is 7.42. The molecule has 0 aliphatic carbocycles. The van der Waals surface area contributed by atoms with Crippen molar-refractivity contribution in [1.82, 2.24) is 4.90 Å². The third kappa shape index (κ3) is 2.82. The molecule has 7 heteroatoms. The van der Waals surface area contributed by atoms with E-state index in [-0.39, 0.29) is 23.6 Å². The van der Waals surface area contributed by atoms with Crippen LogP contribution in [-0.4, -0.2) is 35.6 Å². The van der Waals surface area contributed by atoms with Gasteiger partial charge >= 0.3 is 0 Å². The highest BCUT2D eigenvalue weighted by atomic mass is 32.1. The lowest BCUT2D eigenvalue weighted by Crippen LogP contribution is -2.44. The summed E-state index contributed by atoms with van der Waals surface area (Å²) in [6.07, 6.45) is 3.83. The highest BCUT2D eigenvalue weighted by molar-refractivity contribution is 7.12. The standard InChI is InChI=1S/C26H20N2O4S/c1-32-17-10-8-16(9-11-17)28-25(30)20-21(26(28)31)23(24(29)19-7-4-14-33-19)27-13-12-15-5-2-3-6-18(15)22(20)27/h2-14,20-23H,1H3/t20-,21+,22+,23-/m0/s1. The third-order valence-electron chi connectivity index (χ3n) is 6.82. The summed E-state index contributed by atoms with van der Waals surface area (Å²) in [7, 11) is 1.56. The molecule has 6 nitrogen and oxygen atoms in total. The number of amides is 2. The maximum absolute atomic E-state index is 13.8. The molecule has 2 amide bonds. The van der Waals surface area contributed by atoms with E-state index in [0.29, 0.717) is 16.3 Å². The number of ketones is 1. The Morgan fingerprint density at radius 3 is 2.42 bits per heavy atom. The van der Waals surface area contributed by atoms with Gasteiger partial charge in [-0.2, -0.15) is 0 Å². The van der Waals surface area contributed by atoms with E-state index in [4.69, 9.17) is 4.74 Å². The number of imide groups is 1. The fourth-order valence-corrected chi connectivity index (χ4v) is 6.11. The molecular weight excluding hydrogens is 436 g/mol. The maximum atomic E-state index is 13.8. The number of ether oxygens (including phenoxy) is 1. The number of nitrogens with zero attached hydrogens (tertiary/aromatic N) is 2. The lowest BCUT2D eigenvalue weighted by molar-refractivity contribution is -0.123. The Morgan fingerprint density at radius 2 is 1.70 bits per heavy atom. The predicted octanol–water partition coefficient (Wildman–Crippen LogP) is 4.16. The number of Topliss-reactive ketones (excluding diaryl/α,β-unsaturated/α-hetero) is 1. The molecule has 0 saturated carbocycles. The van der Waals surface area contributed by atoms with Gasteiger partial charge in [-0.15, -0.1) is 11.3 Å². The molecule has 0 radical (unpaired) electrons. The molecule has 1 aromatic heterocycles. The van der Waals surface area contributed by atoms with Gasteiger partial charge in [0.1, 0.15) is 11.8 Å². The first-order valence-electron chi connectivity index (χ1n) is 10.7. The Hall–Kier alpha value is -3.71. The van der Waals surface area contributed by atoms with Gasteiger partial charge in [0, 0.05) is 6.20 Å². The molecule has 2 aromatic carbocycles. The van der Waals surface area contributed by atoms with Crippen molar-refractivity contribution in [3.05, 3.63) is 88.2 Å². The van der Waals surface area contributed by atoms with Gasteiger partial charge in [0.15, 0.2) is 5.78 Å². The Morgan fingerprint density at radius 1 is 0.939 bits per heavy atom. The van der Waals surface area contributed by atoms with Gasteiger partial charge in [-0.3, -0.25) is 14.4 Å². The first-order chi connectivity index (χ1) is 16.1. The highest BCUT2D eigenvalue weighted by Gasteiger charge is 2.64. The minimum absolute atomic E-state index is 0.121. The minimum atomic E-state index is -0.755. The number of thiophene rings is 1. The average molecular weight is 457 g/mol. The van der Waals surface area contributed by atoms with Crippen LogP contribution in [0.15, 0.2) is 72.2 Å². The van der Waals surface area contributed by atoms with Crippen molar-refractivity contribution in [2.24, 2.45) is 11.8 Å². The summed E-state index contributed by atoms with van der Waals surface area (Å²) in [6.45, 7) is 0. The van der Waals surface area contributed by atoms with Crippen molar-refractivity contribution >= 4 is 40.7 Å². The zero-order valence-corrected chi connectivity index (χ0v) is 18.6. The van der Waals surface area contributed by atoms with Crippen LogP contribution >= 0.6 is 11.3 Å². The van der Waals surface area contributed by atoms with Crippen LogP contribution in [0.25, 0.3) is 6.08 Å². The van der Waals surface area contributed by atoms with E-state index in [1.807, 2.05) is 52.9 Å². The molecule has 2 saturated heterocycles. The van der Waals surface area contributed by atoms with Gasteiger partial charge in [-0.05, 0) is 52.9 Å². The first-order valence-corrected chi connectivity index (χ1v) is 11.6. The topological polar surface area (TPSA) is 66.9 Å². The number of carbonyl (C=O) groups excluding carboxylic acids is 3. The van der Waals surface area contributed by atoms with Crippen LogP contribution in [0.1, 0.15) is 26.8 Å². The van der Waals surface area contributed by atoms with E-state index >= 15 is 0 Å².